The van der Waals surface area contributed by atoms with Gasteiger partial charge in [0, 0.05) is 59.7 Å². The second-order valence-electron chi connectivity index (χ2n) is 21.1. The molecule has 6 heterocycles. The molecule has 15 aromatic rings. The average molecular weight is 860 g/mol. The number of benzene rings is 9. The van der Waals surface area contributed by atoms with Crippen LogP contribution in [0.2, 0.25) is 0 Å². The number of hydrogen-bond donors (Lipinski definition) is 0. The summed E-state index contributed by atoms with van der Waals surface area (Å²) in [5.41, 5.74) is 16.7. The van der Waals surface area contributed by atoms with Crippen molar-refractivity contribution in [3.63, 3.8) is 0 Å². The summed E-state index contributed by atoms with van der Waals surface area (Å²) in [4.78, 5) is 11.8. The number of fused-ring (bicyclic) bond motifs is 18. The standard InChI is InChI=1S/C62H45N5/c1-61(2,3)37-30-46-43-26-24-34-16-10-13-21-41(34)55(43)66-56(46)48(32-37)53-59(66)63-54-49-33-38(62(4,5)6)31-47-45-28-35-17-11-12-20-40(35)52(58(45)67(57(47)49)60(54)64-53)36-25-27-51-44(29-36)42-22-14-15-23-50(42)65(51)39-18-8-7-9-19-39/h7-33H,1-6H3. The highest BCUT2D eigenvalue weighted by Gasteiger charge is 2.30. The Morgan fingerprint density at radius 1 is 0.358 bits per heavy atom. The molecule has 9 aromatic carbocycles. The number of rotatable bonds is 2. The van der Waals surface area contributed by atoms with Crippen LogP contribution in [0.1, 0.15) is 52.7 Å². The van der Waals surface area contributed by atoms with Crippen LogP contribution in [0.3, 0.4) is 0 Å². The number of aromatic nitrogens is 5. The third-order valence-electron chi connectivity index (χ3n) is 15.1. The molecule has 15 rings (SSSR count). The molecule has 0 saturated heterocycles. The van der Waals surface area contributed by atoms with Gasteiger partial charge in [-0.3, -0.25) is 8.80 Å². The van der Waals surface area contributed by atoms with Crippen molar-refractivity contribution in [2.45, 2.75) is 52.4 Å². The SMILES string of the molecule is CC(C)(C)c1cc2c3cc4ccccc4c(-c4ccc5c(c4)c4ccccc4n5-c4ccccc4)c3n3c4nc5c6cc(C(C)(C)C)cc7c8ccc9ccccc9c8n(c5nc4c(c1)c23)c76. The predicted molar refractivity (Wildman–Crippen MR) is 284 cm³/mol. The van der Waals surface area contributed by atoms with Gasteiger partial charge in [-0.15, -0.1) is 0 Å². The normalized spacial score (nSPS) is 13.2. The fraction of sp³-hybridized carbons (Fsp3) is 0.129. The third-order valence-corrected chi connectivity index (χ3v) is 15.1. The molecule has 0 aliphatic rings. The van der Waals surface area contributed by atoms with E-state index >= 15 is 0 Å². The van der Waals surface area contributed by atoms with E-state index in [4.69, 9.17) is 9.97 Å². The molecule has 5 nitrogen and oxygen atoms in total. The first-order valence-electron chi connectivity index (χ1n) is 23.6. The molecule has 0 fully saturated rings. The van der Waals surface area contributed by atoms with Crippen molar-refractivity contribution in [2.24, 2.45) is 0 Å². The first kappa shape index (κ1) is 37.2. The highest BCUT2D eigenvalue weighted by atomic mass is 15.1. The summed E-state index contributed by atoms with van der Waals surface area (Å²) in [6.07, 6.45) is 0. The Hall–Kier alpha value is -8.02. The molecule has 0 spiro atoms. The molecule has 0 bridgehead atoms. The molecule has 0 aliphatic carbocycles. The van der Waals surface area contributed by atoms with E-state index < -0.39 is 0 Å². The van der Waals surface area contributed by atoms with Crippen LogP contribution in [0.4, 0.5) is 0 Å². The topological polar surface area (TPSA) is 39.5 Å². The summed E-state index contributed by atoms with van der Waals surface area (Å²) in [6, 6.07) is 61.1. The minimum Gasteiger partial charge on any atom is -0.309 e. The quantitative estimate of drug-likeness (QED) is 0.174. The maximum atomic E-state index is 5.93. The van der Waals surface area contributed by atoms with Crippen molar-refractivity contribution < 1.29 is 0 Å². The van der Waals surface area contributed by atoms with E-state index in [0.717, 1.165) is 38.8 Å². The fourth-order valence-electron chi connectivity index (χ4n) is 11.9. The Bertz CT molecular complexity index is 4620. The van der Waals surface area contributed by atoms with Crippen LogP contribution in [-0.4, -0.2) is 23.3 Å². The lowest BCUT2D eigenvalue weighted by Gasteiger charge is -2.19. The Kier molecular flexibility index (Phi) is 6.92. The summed E-state index contributed by atoms with van der Waals surface area (Å²) < 4.78 is 7.33. The van der Waals surface area contributed by atoms with Crippen molar-refractivity contribution in [2.75, 3.05) is 0 Å². The van der Waals surface area contributed by atoms with Crippen LogP contribution < -0.4 is 0 Å². The molecule has 0 N–H and O–H groups in total. The van der Waals surface area contributed by atoms with Gasteiger partial charge < -0.3 is 4.57 Å². The molecule has 0 aliphatic heterocycles. The minimum atomic E-state index is -0.106. The second-order valence-corrected chi connectivity index (χ2v) is 21.1. The van der Waals surface area contributed by atoms with E-state index in [0.29, 0.717) is 0 Å². The van der Waals surface area contributed by atoms with Crippen LogP contribution in [0.15, 0.2) is 164 Å². The third kappa shape index (κ3) is 4.78. The summed E-state index contributed by atoms with van der Waals surface area (Å²) in [5.74, 6) is 0. The lowest BCUT2D eigenvalue weighted by molar-refractivity contribution is 0.591. The van der Waals surface area contributed by atoms with Crippen molar-refractivity contribution in [3.8, 4) is 16.8 Å². The molecule has 6 aromatic heterocycles. The van der Waals surface area contributed by atoms with Gasteiger partial charge in [-0.1, -0.05) is 145 Å². The second kappa shape index (κ2) is 12.4. The Morgan fingerprint density at radius 2 is 0.881 bits per heavy atom. The van der Waals surface area contributed by atoms with Crippen LogP contribution in [-0.2, 0) is 10.8 Å². The molecule has 67 heavy (non-hydrogen) atoms. The lowest BCUT2D eigenvalue weighted by atomic mass is 9.85. The largest absolute Gasteiger partial charge is 0.309 e. The molecule has 0 unspecified atom stereocenters. The van der Waals surface area contributed by atoms with Gasteiger partial charge in [0.15, 0.2) is 11.3 Å². The molecule has 0 radical (unpaired) electrons. The predicted octanol–water partition coefficient (Wildman–Crippen LogP) is 16.4. The van der Waals surface area contributed by atoms with E-state index in [9.17, 15) is 0 Å². The first-order valence-corrected chi connectivity index (χ1v) is 23.6. The molecule has 0 atom stereocenters. The zero-order valence-electron chi connectivity index (χ0n) is 38.3. The Morgan fingerprint density at radius 3 is 1.57 bits per heavy atom. The lowest BCUT2D eigenvalue weighted by Crippen LogP contribution is -2.10. The van der Waals surface area contributed by atoms with Crippen LogP contribution in [0.25, 0.3) is 137 Å². The maximum Gasteiger partial charge on any atom is 0.165 e. The zero-order valence-corrected chi connectivity index (χ0v) is 38.3. The summed E-state index contributed by atoms with van der Waals surface area (Å²) >= 11 is 0. The van der Waals surface area contributed by atoms with Crippen LogP contribution >= 0.6 is 0 Å². The van der Waals surface area contributed by atoms with Gasteiger partial charge in [-0.25, -0.2) is 9.97 Å². The van der Waals surface area contributed by atoms with Gasteiger partial charge in [0.25, 0.3) is 0 Å². The van der Waals surface area contributed by atoms with Gasteiger partial charge in [0.05, 0.1) is 33.1 Å². The molecule has 0 saturated carbocycles. The van der Waals surface area contributed by atoms with E-state index in [1.54, 1.807) is 0 Å². The van der Waals surface area contributed by atoms with Crippen molar-refractivity contribution in [1.29, 1.82) is 0 Å². The van der Waals surface area contributed by atoms with E-state index in [1.165, 1.54) is 109 Å². The van der Waals surface area contributed by atoms with Gasteiger partial charge >= 0.3 is 0 Å². The minimum absolute atomic E-state index is 0.0737. The number of hydrogen-bond acceptors (Lipinski definition) is 2. The number of para-hydroxylation sites is 2. The molecule has 5 heteroatoms. The van der Waals surface area contributed by atoms with Crippen molar-refractivity contribution in [3.05, 3.63) is 175 Å². The molecular formula is C62H45N5. The van der Waals surface area contributed by atoms with Gasteiger partial charge in [0.1, 0.15) is 11.0 Å². The van der Waals surface area contributed by atoms with Gasteiger partial charge in [-0.05, 0) is 104 Å². The van der Waals surface area contributed by atoms with Gasteiger partial charge in [0.2, 0.25) is 0 Å². The van der Waals surface area contributed by atoms with Crippen LogP contribution in [0.5, 0.6) is 0 Å². The summed E-state index contributed by atoms with van der Waals surface area (Å²) in [5, 5.41) is 14.6. The summed E-state index contributed by atoms with van der Waals surface area (Å²) in [6.45, 7) is 13.9. The van der Waals surface area contributed by atoms with E-state index in [1.807, 2.05) is 0 Å². The highest BCUT2D eigenvalue weighted by molar-refractivity contribution is 6.30. The Labute approximate surface area is 385 Å². The zero-order chi connectivity index (χ0) is 44.8. The van der Waals surface area contributed by atoms with Crippen molar-refractivity contribution in [1.82, 2.24) is 23.3 Å². The van der Waals surface area contributed by atoms with Crippen LogP contribution in [0, 0.1) is 0 Å². The number of nitrogens with zero attached hydrogens (tertiary/aromatic N) is 5. The molecular weight excluding hydrogens is 815 g/mol. The smallest absolute Gasteiger partial charge is 0.165 e. The Balaban J connectivity index is 1.14. The molecule has 0 amide bonds. The summed E-state index contributed by atoms with van der Waals surface area (Å²) in [7, 11) is 0. The van der Waals surface area contributed by atoms with E-state index in [-0.39, 0.29) is 10.8 Å². The van der Waals surface area contributed by atoms with Crippen molar-refractivity contribution >= 4 is 120 Å². The van der Waals surface area contributed by atoms with E-state index in [2.05, 4.69) is 219 Å². The molecule has 318 valence electrons. The van der Waals surface area contributed by atoms with Gasteiger partial charge in [-0.2, -0.15) is 0 Å². The maximum absolute atomic E-state index is 5.93. The average Bonchev–Trinajstić information content (AvgIpc) is 4.12. The highest BCUT2D eigenvalue weighted by Crippen LogP contribution is 2.49. The first-order chi connectivity index (χ1) is 32.5. The monoisotopic (exact) mass is 859 g/mol. The fourth-order valence-corrected chi connectivity index (χ4v) is 11.9.